The normalized spacial score (nSPS) is 16.1. The van der Waals surface area contributed by atoms with Crippen LogP contribution in [0.4, 0.5) is 5.69 Å². The first-order chi connectivity index (χ1) is 11.6. The molecule has 0 bridgehead atoms. The van der Waals surface area contributed by atoms with Gasteiger partial charge in [-0.05, 0) is 62.2 Å². The van der Waals surface area contributed by atoms with E-state index in [1.165, 1.54) is 5.56 Å². The van der Waals surface area contributed by atoms with E-state index in [9.17, 15) is 4.79 Å². The number of hydrogen-bond acceptors (Lipinski definition) is 2. The maximum Gasteiger partial charge on any atom is 0.227 e. The number of nitrogens with zero attached hydrogens (tertiary/aromatic N) is 1. The molecule has 1 heterocycles. The van der Waals surface area contributed by atoms with Crippen LogP contribution in [0.1, 0.15) is 24.0 Å². The standard InChI is InChI=1S/C20H23ClN2O/c1-15-5-2-3-8-19(15)22-20(24)17-9-11-23(12-10-17)14-16-6-4-7-18(21)13-16/h2-8,13,17H,9-12,14H2,1H3,(H,22,24). The number of carbonyl (C=O) groups is 1. The predicted octanol–water partition coefficient (Wildman–Crippen LogP) is 4.50. The molecule has 0 radical (unpaired) electrons. The summed E-state index contributed by atoms with van der Waals surface area (Å²) in [6.45, 7) is 4.80. The first-order valence-corrected chi connectivity index (χ1v) is 8.83. The maximum absolute atomic E-state index is 12.5. The van der Waals surface area contributed by atoms with Gasteiger partial charge in [-0.3, -0.25) is 9.69 Å². The van der Waals surface area contributed by atoms with Gasteiger partial charge in [0.1, 0.15) is 0 Å². The summed E-state index contributed by atoms with van der Waals surface area (Å²) in [5.74, 6) is 0.243. The van der Waals surface area contributed by atoms with Crippen LogP contribution >= 0.6 is 11.6 Å². The van der Waals surface area contributed by atoms with Gasteiger partial charge in [-0.25, -0.2) is 0 Å². The van der Waals surface area contributed by atoms with Crippen molar-refractivity contribution in [3.05, 3.63) is 64.7 Å². The van der Waals surface area contributed by atoms with Crippen LogP contribution in [0.3, 0.4) is 0 Å². The van der Waals surface area contributed by atoms with Gasteiger partial charge in [0.2, 0.25) is 5.91 Å². The van der Waals surface area contributed by atoms with Gasteiger partial charge in [0.25, 0.3) is 0 Å². The van der Waals surface area contributed by atoms with E-state index in [0.717, 1.165) is 48.7 Å². The van der Waals surface area contributed by atoms with E-state index in [2.05, 4.69) is 16.3 Å². The van der Waals surface area contributed by atoms with E-state index in [1.807, 2.05) is 49.4 Å². The Balaban J connectivity index is 1.51. The van der Waals surface area contributed by atoms with E-state index in [1.54, 1.807) is 0 Å². The van der Waals surface area contributed by atoms with Crippen molar-refractivity contribution in [1.82, 2.24) is 4.90 Å². The highest BCUT2D eigenvalue weighted by Gasteiger charge is 2.25. The minimum Gasteiger partial charge on any atom is -0.326 e. The van der Waals surface area contributed by atoms with Crippen molar-refractivity contribution in [3.8, 4) is 0 Å². The van der Waals surface area contributed by atoms with E-state index in [4.69, 9.17) is 11.6 Å². The highest BCUT2D eigenvalue weighted by Crippen LogP contribution is 2.22. The Bertz CT molecular complexity index is 708. The van der Waals surface area contributed by atoms with Crippen molar-refractivity contribution in [2.45, 2.75) is 26.3 Å². The van der Waals surface area contributed by atoms with Crippen LogP contribution in [0.25, 0.3) is 0 Å². The fourth-order valence-electron chi connectivity index (χ4n) is 3.19. The Kier molecular flexibility index (Phi) is 5.54. The number of benzene rings is 2. The Labute approximate surface area is 148 Å². The molecule has 1 saturated heterocycles. The molecule has 1 N–H and O–H groups in total. The van der Waals surface area contributed by atoms with Crippen molar-refractivity contribution in [1.29, 1.82) is 0 Å². The summed E-state index contributed by atoms with van der Waals surface area (Å²) >= 11 is 6.05. The first kappa shape index (κ1) is 17.0. The first-order valence-electron chi connectivity index (χ1n) is 8.45. The number of piperidine rings is 1. The van der Waals surface area contributed by atoms with E-state index >= 15 is 0 Å². The molecule has 1 aliphatic rings. The monoisotopic (exact) mass is 342 g/mol. The summed E-state index contributed by atoms with van der Waals surface area (Å²) in [5.41, 5.74) is 3.25. The van der Waals surface area contributed by atoms with Gasteiger partial charge in [-0.1, -0.05) is 41.9 Å². The largest absolute Gasteiger partial charge is 0.326 e. The third-order valence-electron chi connectivity index (χ3n) is 4.66. The number of carbonyl (C=O) groups excluding carboxylic acids is 1. The third kappa shape index (κ3) is 4.37. The van der Waals surface area contributed by atoms with Gasteiger partial charge in [0.15, 0.2) is 0 Å². The zero-order valence-corrected chi connectivity index (χ0v) is 14.7. The highest BCUT2D eigenvalue weighted by atomic mass is 35.5. The average molecular weight is 343 g/mol. The van der Waals surface area contributed by atoms with Crippen LogP contribution in [0.5, 0.6) is 0 Å². The van der Waals surface area contributed by atoms with E-state index in [-0.39, 0.29) is 11.8 Å². The number of rotatable bonds is 4. The van der Waals surface area contributed by atoms with Gasteiger partial charge >= 0.3 is 0 Å². The Morgan fingerprint density at radius 2 is 1.92 bits per heavy atom. The fourth-order valence-corrected chi connectivity index (χ4v) is 3.41. The average Bonchev–Trinajstić information content (AvgIpc) is 2.57. The molecule has 0 saturated carbocycles. The topological polar surface area (TPSA) is 32.3 Å². The number of amides is 1. The van der Waals surface area contributed by atoms with E-state index in [0.29, 0.717) is 0 Å². The lowest BCUT2D eigenvalue weighted by molar-refractivity contribution is -0.121. The molecule has 1 fully saturated rings. The highest BCUT2D eigenvalue weighted by molar-refractivity contribution is 6.30. The second kappa shape index (κ2) is 7.82. The fraction of sp³-hybridized carbons (Fsp3) is 0.350. The molecular formula is C20H23ClN2O. The molecule has 3 nitrogen and oxygen atoms in total. The summed E-state index contributed by atoms with van der Waals surface area (Å²) < 4.78 is 0. The third-order valence-corrected chi connectivity index (χ3v) is 4.89. The molecule has 2 aromatic rings. The van der Waals surface area contributed by atoms with Crippen LogP contribution < -0.4 is 5.32 Å². The van der Waals surface area contributed by atoms with Gasteiger partial charge < -0.3 is 5.32 Å². The summed E-state index contributed by atoms with van der Waals surface area (Å²) in [6, 6.07) is 15.9. The molecule has 0 aromatic heterocycles. The maximum atomic E-state index is 12.5. The zero-order chi connectivity index (χ0) is 16.9. The molecule has 24 heavy (non-hydrogen) atoms. The molecule has 2 aromatic carbocycles. The molecule has 0 unspecified atom stereocenters. The van der Waals surface area contributed by atoms with E-state index < -0.39 is 0 Å². The number of aryl methyl sites for hydroxylation is 1. The number of hydrogen-bond donors (Lipinski definition) is 1. The SMILES string of the molecule is Cc1ccccc1NC(=O)C1CCN(Cc2cccc(Cl)c2)CC1. The second-order valence-electron chi connectivity index (χ2n) is 6.48. The smallest absolute Gasteiger partial charge is 0.227 e. The lowest BCUT2D eigenvalue weighted by Gasteiger charge is -2.31. The summed E-state index contributed by atoms with van der Waals surface area (Å²) in [7, 11) is 0. The summed E-state index contributed by atoms with van der Waals surface area (Å²) in [4.78, 5) is 14.9. The van der Waals surface area contributed by atoms with Crippen molar-refractivity contribution in [2.75, 3.05) is 18.4 Å². The Hall–Kier alpha value is -1.84. The van der Waals surface area contributed by atoms with Crippen LogP contribution in [-0.4, -0.2) is 23.9 Å². The zero-order valence-electron chi connectivity index (χ0n) is 14.0. The van der Waals surface area contributed by atoms with Crippen LogP contribution in [0.2, 0.25) is 5.02 Å². The molecule has 0 aliphatic carbocycles. The number of halogens is 1. The lowest BCUT2D eigenvalue weighted by Crippen LogP contribution is -2.37. The Morgan fingerprint density at radius 3 is 2.62 bits per heavy atom. The van der Waals surface area contributed by atoms with Gasteiger partial charge in [0.05, 0.1) is 0 Å². The predicted molar refractivity (Wildman–Crippen MR) is 99.3 cm³/mol. The molecule has 0 atom stereocenters. The number of nitrogens with one attached hydrogen (secondary N) is 1. The molecule has 1 amide bonds. The Morgan fingerprint density at radius 1 is 1.17 bits per heavy atom. The lowest BCUT2D eigenvalue weighted by atomic mass is 9.95. The molecule has 1 aliphatic heterocycles. The molecule has 126 valence electrons. The van der Waals surface area contributed by atoms with Crippen LogP contribution in [0.15, 0.2) is 48.5 Å². The minimum absolute atomic E-state index is 0.0974. The minimum atomic E-state index is 0.0974. The number of anilines is 1. The van der Waals surface area contributed by atoms with Crippen molar-refractivity contribution < 1.29 is 4.79 Å². The van der Waals surface area contributed by atoms with Gasteiger partial charge in [-0.15, -0.1) is 0 Å². The number of para-hydroxylation sites is 1. The van der Waals surface area contributed by atoms with Crippen LogP contribution in [0, 0.1) is 12.8 Å². The van der Waals surface area contributed by atoms with Crippen molar-refractivity contribution in [2.24, 2.45) is 5.92 Å². The van der Waals surface area contributed by atoms with Gasteiger partial charge in [-0.2, -0.15) is 0 Å². The molecule has 0 spiro atoms. The molecule has 4 heteroatoms. The molecule has 3 rings (SSSR count). The number of likely N-dealkylation sites (tertiary alicyclic amines) is 1. The summed E-state index contributed by atoms with van der Waals surface area (Å²) in [6.07, 6.45) is 1.80. The van der Waals surface area contributed by atoms with Crippen LogP contribution in [-0.2, 0) is 11.3 Å². The molecular weight excluding hydrogens is 320 g/mol. The van der Waals surface area contributed by atoms with Gasteiger partial charge in [0, 0.05) is 23.2 Å². The van der Waals surface area contributed by atoms with Crippen molar-refractivity contribution >= 4 is 23.2 Å². The summed E-state index contributed by atoms with van der Waals surface area (Å²) in [5, 5.41) is 3.85. The van der Waals surface area contributed by atoms with Crippen molar-refractivity contribution in [3.63, 3.8) is 0 Å². The quantitative estimate of drug-likeness (QED) is 0.887. The second-order valence-corrected chi connectivity index (χ2v) is 6.92.